The number of nitrogens with zero attached hydrogens (tertiary/aromatic N) is 2. The second-order valence-electron chi connectivity index (χ2n) is 5.85. The third-order valence-corrected chi connectivity index (χ3v) is 4.36. The highest BCUT2D eigenvalue weighted by molar-refractivity contribution is 5.79. The summed E-state index contributed by atoms with van der Waals surface area (Å²) in [6.07, 6.45) is 5.70. The van der Waals surface area contributed by atoms with Gasteiger partial charge in [0.2, 0.25) is 5.91 Å². The molecule has 0 aromatic rings. The Balaban J connectivity index is 1.73. The Morgan fingerprint density at radius 2 is 1.90 bits per heavy atom. The van der Waals surface area contributed by atoms with Gasteiger partial charge in [0.25, 0.3) is 0 Å². The quantitative estimate of drug-likeness (QED) is 0.713. The number of piperidine rings is 1. The first-order chi connectivity index (χ1) is 9.70. The molecule has 20 heavy (non-hydrogen) atoms. The summed E-state index contributed by atoms with van der Waals surface area (Å²) >= 11 is 0. The molecule has 0 radical (unpaired) electrons. The zero-order valence-corrected chi connectivity index (χ0v) is 12.5. The largest absolute Gasteiger partial charge is 0.469 e. The van der Waals surface area contributed by atoms with E-state index in [9.17, 15) is 9.59 Å². The van der Waals surface area contributed by atoms with Gasteiger partial charge in [-0.1, -0.05) is 0 Å². The zero-order valence-electron chi connectivity index (χ0n) is 12.5. The average Bonchev–Trinajstić information content (AvgIpc) is 3.01. The number of amides is 1. The van der Waals surface area contributed by atoms with Crippen LogP contribution in [0.5, 0.6) is 0 Å². The Bertz CT molecular complexity index is 340. The minimum atomic E-state index is -0.147. The van der Waals surface area contributed by atoms with Crippen molar-refractivity contribution in [2.75, 3.05) is 39.8 Å². The number of likely N-dealkylation sites (tertiary alicyclic amines) is 2. The highest BCUT2D eigenvalue weighted by Gasteiger charge is 2.30. The molecule has 114 valence electrons. The van der Waals surface area contributed by atoms with E-state index >= 15 is 0 Å². The molecular weight excluding hydrogens is 256 g/mol. The van der Waals surface area contributed by atoms with Crippen LogP contribution in [0.4, 0.5) is 0 Å². The van der Waals surface area contributed by atoms with Gasteiger partial charge >= 0.3 is 5.97 Å². The summed E-state index contributed by atoms with van der Waals surface area (Å²) in [5, 5.41) is 0. The lowest BCUT2D eigenvalue weighted by molar-refractivity contribution is -0.141. The van der Waals surface area contributed by atoms with Crippen LogP contribution in [0.25, 0.3) is 0 Å². The van der Waals surface area contributed by atoms with Gasteiger partial charge in [-0.05, 0) is 45.2 Å². The van der Waals surface area contributed by atoms with Crippen LogP contribution in [-0.4, -0.2) is 61.5 Å². The van der Waals surface area contributed by atoms with Crippen LogP contribution in [0.3, 0.4) is 0 Å². The predicted molar refractivity (Wildman–Crippen MR) is 76.2 cm³/mol. The number of methoxy groups -OCH3 is 1. The second kappa shape index (κ2) is 7.62. The van der Waals surface area contributed by atoms with E-state index in [1.165, 1.54) is 7.11 Å². The second-order valence-corrected chi connectivity index (χ2v) is 5.85. The van der Waals surface area contributed by atoms with Gasteiger partial charge in [0, 0.05) is 26.1 Å². The maximum Gasteiger partial charge on any atom is 0.305 e. The lowest BCUT2D eigenvalue weighted by Gasteiger charge is -2.33. The molecule has 0 N–H and O–H groups in total. The van der Waals surface area contributed by atoms with Gasteiger partial charge in [-0.2, -0.15) is 0 Å². The number of esters is 1. The molecule has 0 unspecified atom stereocenters. The predicted octanol–water partition coefficient (Wildman–Crippen LogP) is 1.27. The normalized spacial score (nSPS) is 23.9. The van der Waals surface area contributed by atoms with Crippen molar-refractivity contribution in [2.24, 2.45) is 5.92 Å². The van der Waals surface area contributed by atoms with Crippen LogP contribution >= 0.6 is 0 Å². The molecule has 2 aliphatic heterocycles. The van der Waals surface area contributed by atoms with Crippen LogP contribution in [0.1, 0.15) is 38.5 Å². The molecule has 0 aromatic carbocycles. The zero-order chi connectivity index (χ0) is 14.4. The van der Waals surface area contributed by atoms with E-state index in [4.69, 9.17) is 0 Å². The van der Waals surface area contributed by atoms with Crippen molar-refractivity contribution < 1.29 is 14.3 Å². The molecule has 5 nitrogen and oxygen atoms in total. The molecule has 2 aliphatic rings. The number of hydrogen-bond acceptors (Lipinski definition) is 4. The topological polar surface area (TPSA) is 49.9 Å². The molecule has 0 saturated carbocycles. The van der Waals surface area contributed by atoms with Crippen molar-refractivity contribution in [1.29, 1.82) is 0 Å². The molecule has 2 fully saturated rings. The van der Waals surface area contributed by atoms with Crippen molar-refractivity contribution in [2.45, 2.75) is 38.5 Å². The summed E-state index contributed by atoms with van der Waals surface area (Å²) in [7, 11) is 1.42. The van der Waals surface area contributed by atoms with Crippen LogP contribution < -0.4 is 0 Å². The lowest BCUT2D eigenvalue weighted by Crippen LogP contribution is -2.44. The number of ether oxygens (including phenoxy) is 1. The smallest absolute Gasteiger partial charge is 0.305 e. The molecule has 1 amide bonds. The molecule has 5 heteroatoms. The van der Waals surface area contributed by atoms with E-state index in [1.807, 2.05) is 4.90 Å². The molecule has 2 rings (SSSR count). The van der Waals surface area contributed by atoms with E-state index in [1.54, 1.807) is 0 Å². The Kier molecular flexibility index (Phi) is 5.83. The van der Waals surface area contributed by atoms with E-state index in [0.717, 1.165) is 64.8 Å². The van der Waals surface area contributed by atoms with Crippen LogP contribution in [0.2, 0.25) is 0 Å². The number of carbonyl (C=O) groups excluding carboxylic acids is 2. The molecule has 0 aromatic heterocycles. The Labute approximate surface area is 121 Å². The highest BCUT2D eigenvalue weighted by Crippen LogP contribution is 2.21. The maximum atomic E-state index is 12.4. The first-order valence-electron chi connectivity index (χ1n) is 7.78. The standard InChI is InChI=1S/C15H26N2O3/c1-20-14(18)7-5-9-16-8-4-6-13(12-16)15(19)17-10-2-3-11-17/h13H,2-12H2,1H3/t13-/m1/s1. The van der Waals surface area contributed by atoms with Gasteiger partial charge in [0.05, 0.1) is 13.0 Å². The molecule has 2 saturated heterocycles. The van der Waals surface area contributed by atoms with Gasteiger partial charge in [0.15, 0.2) is 0 Å². The first-order valence-corrected chi connectivity index (χ1v) is 7.78. The Morgan fingerprint density at radius 1 is 1.15 bits per heavy atom. The summed E-state index contributed by atoms with van der Waals surface area (Å²) < 4.78 is 4.65. The van der Waals surface area contributed by atoms with E-state index in [2.05, 4.69) is 9.64 Å². The molecule has 1 atom stereocenters. The minimum Gasteiger partial charge on any atom is -0.469 e. The van der Waals surface area contributed by atoms with Gasteiger partial charge < -0.3 is 14.5 Å². The van der Waals surface area contributed by atoms with Crippen molar-refractivity contribution in [3.63, 3.8) is 0 Å². The maximum absolute atomic E-state index is 12.4. The number of rotatable bonds is 5. The SMILES string of the molecule is COC(=O)CCCN1CCC[C@@H](C(=O)N2CCCC2)C1. The molecule has 0 bridgehead atoms. The highest BCUT2D eigenvalue weighted by atomic mass is 16.5. The fourth-order valence-corrected chi connectivity index (χ4v) is 3.20. The summed E-state index contributed by atoms with van der Waals surface area (Å²) in [6.45, 7) is 4.68. The van der Waals surface area contributed by atoms with Gasteiger partial charge in [-0.25, -0.2) is 0 Å². The van der Waals surface area contributed by atoms with E-state index < -0.39 is 0 Å². The third-order valence-electron chi connectivity index (χ3n) is 4.36. The van der Waals surface area contributed by atoms with Crippen molar-refractivity contribution in [3.05, 3.63) is 0 Å². The van der Waals surface area contributed by atoms with Gasteiger partial charge in [0.1, 0.15) is 0 Å². The molecule has 0 spiro atoms. The molecule has 0 aliphatic carbocycles. The minimum absolute atomic E-state index is 0.147. The van der Waals surface area contributed by atoms with E-state index in [0.29, 0.717) is 12.3 Å². The van der Waals surface area contributed by atoms with E-state index in [-0.39, 0.29) is 11.9 Å². The molecule has 2 heterocycles. The van der Waals surface area contributed by atoms with Crippen LogP contribution in [0.15, 0.2) is 0 Å². The Hall–Kier alpha value is -1.10. The fourth-order valence-electron chi connectivity index (χ4n) is 3.20. The summed E-state index contributed by atoms with van der Waals surface area (Å²) in [4.78, 5) is 27.9. The average molecular weight is 282 g/mol. The van der Waals surface area contributed by atoms with Crippen molar-refractivity contribution in [1.82, 2.24) is 9.80 Å². The lowest BCUT2D eigenvalue weighted by atomic mass is 9.96. The first kappa shape index (κ1) is 15.3. The monoisotopic (exact) mass is 282 g/mol. The van der Waals surface area contributed by atoms with Gasteiger partial charge in [-0.15, -0.1) is 0 Å². The summed E-state index contributed by atoms with van der Waals surface area (Å²) in [6, 6.07) is 0. The van der Waals surface area contributed by atoms with Crippen LogP contribution in [-0.2, 0) is 14.3 Å². The Morgan fingerprint density at radius 3 is 2.60 bits per heavy atom. The summed E-state index contributed by atoms with van der Waals surface area (Å²) in [5.41, 5.74) is 0. The number of carbonyl (C=O) groups is 2. The van der Waals surface area contributed by atoms with Crippen molar-refractivity contribution >= 4 is 11.9 Å². The third kappa shape index (κ3) is 4.20. The fraction of sp³-hybridized carbons (Fsp3) is 0.867. The van der Waals surface area contributed by atoms with Crippen LogP contribution in [0, 0.1) is 5.92 Å². The summed E-state index contributed by atoms with van der Waals surface area (Å²) in [5.74, 6) is 0.367. The van der Waals surface area contributed by atoms with Crippen molar-refractivity contribution in [3.8, 4) is 0 Å². The molecular formula is C15H26N2O3. The van der Waals surface area contributed by atoms with Gasteiger partial charge in [-0.3, -0.25) is 9.59 Å². The number of hydrogen-bond donors (Lipinski definition) is 0.